The van der Waals surface area contributed by atoms with Gasteiger partial charge in [0.2, 0.25) is 5.91 Å². The summed E-state index contributed by atoms with van der Waals surface area (Å²) >= 11 is 9.74. The van der Waals surface area contributed by atoms with Gasteiger partial charge in [0.25, 0.3) is 0 Å². The van der Waals surface area contributed by atoms with E-state index >= 15 is 0 Å². The molecule has 0 aromatic heterocycles. The third-order valence-electron chi connectivity index (χ3n) is 5.01. The maximum atomic E-state index is 12.2. The standard InChI is InChI=1S/C25H31BrClNO4/c1-4-5-6-7-14-32-25(30)19-10-12-20(13-11-19)28-22(29)9-8-15-31-21-16-17(2)24(27)18(3)23(21)26/h10-13,16H,4-9,14-15H2,1-3H3,(H,28,29). The zero-order valence-corrected chi connectivity index (χ0v) is 21.3. The zero-order chi connectivity index (χ0) is 23.5. The molecule has 174 valence electrons. The number of aryl methyl sites for hydroxylation is 1. The van der Waals surface area contributed by atoms with E-state index in [-0.39, 0.29) is 11.9 Å². The molecule has 0 saturated heterocycles. The topological polar surface area (TPSA) is 64.6 Å². The summed E-state index contributed by atoms with van der Waals surface area (Å²) in [6.45, 7) is 6.85. The van der Waals surface area contributed by atoms with Crippen molar-refractivity contribution >= 4 is 45.1 Å². The molecule has 0 heterocycles. The number of rotatable bonds is 12. The van der Waals surface area contributed by atoms with Crippen molar-refractivity contribution < 1.29 is 19.1 Å². The number of halogens is 2. The number of carbonyl (C=O) groups is 2. The van der Waals surface area contributed by atoms with Gasteiger partial charge in [0.05, 0.1) is 23.2 Å². The van der Waals surface area contributed by atoms with E-state index in [1.54, 1.807) is 24.3 Å². The number of benzene rings is 2. The lowest BCUT2D eigenvalue weighted by Gasteiger charge is -2.13. The van der Waals surface area contributed by atoms with Crippen molar-refractivity contribution in [3.63, 3.8) is 0 Å². The van der Waals surface area contributed by atoms with Crippen LogP contribution in [-0.2, 0) is 9.53 Å². The van der Waals surface area contributed by atoms with Gasteiger partial charge in [-0.3, -0.25) is 4.79 Å². The lowest BCUT2D eigenvalue weighted by molar-refractivity contribution is -0.116. The fraction of sp³-hybridized carbons (Fsp3) is 0.440. The number of amides is 1. The average molecular weight is 525 g/mol. The first-order valence-electron chi connectivity index (χ1n) is 11.0. The number of hydrogen-bond donors (Lipinski definition) is 1. The summed E-state index contributed by atoms with van der Waals surface area (Å²) in [6, 6.07) is 8.62. The molecule has 2 rings (SSSR count). The zero-order valence-electron chi connectivity index (χ0n) is 18.9. The van der Waals surface area contributed by atoms with Crippen LogP contribution in [0.15, 0.2) is 34.8 Å². The van der Waals surface area contributed by atoms with Crippen LogP contribution in [0.3, 0.4) is 0 Å². The molecule has 0 saturated carbocycles. The van der Waals surface area contributed by atoms with Crippen LogP contribution >= 0.6 is 27.5 Å². The quantitative estimate of drug-likeness (QED) is 0.234. The Balaban J connectivity index is 1.73. The van der Waals surface area contributed by atoms with Crippen molar-refractivity contribution in [3.05, 3.63) is 56.5 Å². The second-order valence-corrected chi connectivity index (χ2v) is 8.89. The lowest BCUT2D eigenvalue weighted by atomic mass is 10.1. The highest BCUT2D eigenvalue weighted by molar-refractivity contribution is 9.10. The van der Waals surface area contributed by atoms with Crippen LogP contribution in [0.5, 0.6) is 5.75 Å². The highest BCUT2D eigenvalue weighted by atomic mass is 79.9. The number of hydrogen-bond acceptors (Lipinski definition) is 4. The summed E-state index contributed by atoms with van der Waals surface area (Å²) in [5, 5.41) is 3.55. The molecule has 0 aliphatic heterocycles. The van der Waals surface area contributed by atoms with Gasteiger partial charge in [-0.15, -0.1) is 0 Å². The van der Waals surface area contributed by atoms with Crippen LogP contribution in [0.1, 0.15) is 66.9 Å². The molecular weight excluding hydrogens is 494 g/mol. The van der Waals surface area contributed by atoms with Gasteiger partial charge in [0, 0.05) is 17.1 Å². The molecule has 32 heavy (non-hydrogen) atoms. The Morgan fingerprint density at radius 1 is 1.03 bits per heavy atom. The molecule has 5 nitrogen and oxygen atoms in total. The first kappa shape index (κ1) is 26.2. The minimum absolute atomic E-state index is 0.109. The van der Waals surface area contributed by atoms with Crippen molar-refractivity contribution in [1.82, 2.24) is 0 Å². The van der Waals surface area contributed by atoms with E-state index in [0.717, 1.165) is 52.1 Å². The highest BCUT2D eigenvalue weighted by Gasteiger charge is 2.12. The van der Waals surface area contributed by atoms with Gasteiger partial charge >= 0.3 is 5.97 Å². The molecule has 1 amide bonds. The molecule has 1 N–H and O–H groups in total. The van der Waals surface area contributed by atoms with E-state index in [1.807, 2.05) is 19.9 Å². The summed E-state index contributed by atoms with van der Waals surface area (Å²) in [6.07, 6.45) is 5.14. The molecule has 7 heteroatoms. The SMILES string of the molecule is CCCCCCOC(=O)c1ccc(NC(=O)CCCOc2cc(C)c(Cl)c(C)c2Br)cc1. The summed E-state index contributed by atoms with van der Waals surface area (Å²) in [4.78, 5) is 24.3. The number of ether oxygens (including phenoxy) is 2. The molecule has 0 atom stereocenters. The van der Waals surface area contributed by atoms with Gasteiger partial charge in [-0.2, -0.15) is 0 Å². The summed E-state index contributed by atoms with van der Waals surface area (Å²) in [7, 11) is 0. The van der Waals surface area contributed by atoms with E-state index in [0.29, 0.717) is 37.3 Å². The van der Waals surface area contributed by atoms with Crippen molar-refractivity contribution in [2.75, 3.05) is 18.5 Å². The van der Waals surface area contributed by atoms with E-state index in [9.17, 15) is 9.59 Å². The molecule has 2 aromatic rings. The third-order valence-corrected chi connectivity index (χ3v) is 6.58. The normalized spacial score (nSPS) is 10.7. The van der Waals surface area contributed by atoms with Gasteiger partial charge in [0.1, 0.15) is 5.75 Å². The van der Waals surface area contributed by atoms with Crippen LogP contribution in [0.2, 0.25) is 5.02 Å². The first-order chi connectivity index (χ1) is 15.3. The molecule has 0 fully saturated rings. The fourth-order valence-corrected chi connectivity index (χ4v) is 3.80. The van der Waals surface area contributed by atoms with Crippen molar-refractivity contribution in [3.8, 4) is 5.75 Å². The first-order valence-corrected chi connectivity index (χ1v) is 12.2. The lowest BCUT2D eigenvalue weighted by Crippen LogP contribution is -2.13. The molecule has 0 spiro atoms. The van der Waals surface area contributed by atoms with E-state index in [2.05, 4.69) is 28.2 Å². The molecular formula is C25H31BrClNO4. The Labute approximate surface area is 204 Å². The van der Waals surface area contributed by atoms with Gasteiger partial charge in [-0.1, -0.05) is 37.8 Å². The Hall–Kier alpha value is -2.05. The van der Waals surface area contributed by atoms with Crippen LogP contribution in [0.4, 0.5) is 5.69 Å². The fourth-order valence-electron chi connectivity index (χ4n) is 3.11. The monoisotopic (exact) mass is 523 g/mol. The van der Waals surface area contributed by atoms with Crippen molar-refractivity contribution in [2.45, 2.75) is 59.3 Å². The molecule has 0 aliphatic carbocycles. The molecule has 0 radical (unpaired) electrons. The summed E-state index contributed by atoms with van der Waals surface area (Å²) in [5.41, 5.74) is 3.00. The number of esters is 1. The number of anilines is 1. The maximum Gasteiger partial charge on any atom is 0.338 e. The van der Waals surface area contributed by atoms with Gasteiger partial charge in [-0.25, -0.2) is 4.79 Å². The van der Waals surface area contributed by atoms with Crippen LogP contribution < -0.4 is 10.1 Å². The minimum Gasteiger partial charge on any atom is -0.492 e. The third kappa shape index (κ3) is 8.14. The number of unbranched alkanes of at least 4 members (excludes halogenated alkanes) is 3. The smallest absolute Gasteiger partial charge is 0.338 e. The average Bonchev–Trinajstić information content (AvgIpc) is 2.78. The summed E-state index contributed by atoms with van der Waals surface area (Å²) in [5.74, 6) is 0.274. The van der Waals surface area contributed by atoms with Crippen LogP contribution in [0, 0.1) is 13.8 Å². The predicted molar refractivity (Wildman–Crippen MR) is 133 cm³/mol. The van der Waals surface area contributed by atoms with Crippen molar-refractivity contribution in [1.29, 1.82) is 0 Å². The molecule has 0 unspecified atom stereocenters. The van der Waals surface area contributed by atoms with Crippen molar-refractivity contribution in [2.24, 2.45) is 0 Å². The molecule has 2 aromatic carbocycles. The Bertz CT molecular complexity index is 915. The molecule has 0 aliphatic rings. The Morgan fingerprint density at radius 3 is 2.44 bits per heavy atom. The highest BCUT2D eigenvalue weighted by Crippen LogP contribution is 2.35. The second-order valence-electron chi connectivity index (χ2n) is 7.72. The second kappa shape index (κ2) is 13.5. The molecule has 0 bridgehead atoms. The minimum atomic E-state index is -0.338. The van der Waals surface area contributed by atoms with E-state index < -0.39 is 0 Å². The van der Waals surface area contributed by atoms with Crippen LogP contribution in [-0.4, -0.2) is 25.1 Å². The van der Waals surface area contributed by atoms with E-state index in [1.165, 1.54) is 0 Å². The van der Waals surface area contributed by atoms with E-state index in [4.69, 9.17) is 21.1 Å². The Kier molecular flexibility index (Phi) is 11.0. The number of carbonyl (C=O) groups excluding carboxylic acids is 2. The summed E-state index contributed by atoms with van der Waals surface area (Å²) < 4.78 is 11.9. The predicted octanol–water partition coefficient (Wildman–Crippen LogP) is 7.25. The van der Waals surface area contributed by atoms with Crippen LogP contribution in [0.25, 0.3) is 0 Å². The number of nitrogens with one attached hydrogen (secondary N) is 1. The maximum absolute atomic E-state index is 12.2. The van der Waals surface area contributed by atoms with Gasteiger partial charge in [0.15, 0.2) is 0 Å². The Morgan fingerprint density at radius 2 is 1.75 bits per heavy atom. The van der Waals surface area contributed by atoms with Gasteiger partial charge in [-0.05, 0) is 84.1 Å². The van der Waals surface area contributed by atoms with Gasteiger partial charge < -0.3 is 14.8 Å². The largest absolute Gasteiger partial charge is 0.492 e.